The van der Waals surface area contributed by atoms with Crippen LogP contribution in [0, 0.1) is 30.9 Å². The second kappa shape index (κ2) is 8.35. The molecule has 174 valence electrons. The maximum absolute atomic E-state index is 13.0. The molecule has 0 aliphatic heterocycles. The van der Waals surface area contributed by atoms with Crippen molar-refractivity contribution >= 4 is 21.6 Å². The summed E-state index contributed by atoms with van der Waals surface area (Å²) in [6.07, 6.45) is -4.78. The molecule has 1 N–H and O–H groups in total. The van der Waals surface area contributed by atoms with Gasteiger partial charge in [-0.3, -0.25) is 14.9 Å². The largest absolute Gasteiger partial charge is 0.416 e. The van der Waals surface area contributed by atoms with Crippen molar-refractivity contribution in [2.45, 2.75) is 31.8 Å². The van der Waals surface area contributed by atoms with Crippen LogP contribution in [0.2, 0.25) is 0 Å². The van der Waals surface area contributed by atoms with Crippen molar-refractivity contribution in [1.82, 2.24) is 9.29 Å². The van der Waals surface area contributed by atoms with Crippen LogP contribution in [0.4, 0.5) is 18.9 Å². The van der Waals surface area contributed by atoms with Crippen molar-refractivity contribution in [2.24, 2.45) is 0 Å². The van der Waals surface area contributed by atoms with Gasteiger partial charge < -0.3 is 4.57 Å². The van der Waals surface area contributed by atoms with Crippen molar-refractivity contribution in [1.29, 1.82) is 0 Å². The number of hydrogen-bond acceptors (Lipinski definition) is 5. The van der Waals surface area contributed by atoms with Gasteiger partial charge in [0.05, 0.1) is 20.9 Å². The average Bonchev–Trinajstić information content (AvgIpc) is 3.01. The van der Waals surface area contributed by atoms with Crippen molar-refractivity contribution in [3.63, 3.8) is 0 Å². The molecule has 1 amide bonds. The Kier molecular flexibility index (Phi) is 6.07. The number of halogens is 3. The number of nitrogens with one attached hydrogen (secondary N) is 1. The van der Waals surface area contributed by atoms with E-state index in [0.29, 0.717) is 12.1 Å². The average molecular weight is 481 g/mol. The molecule has 2 aromatic carbocycles. The molecule has 0 bridgehead atoms. The van der Waals surface area contributed by atoms with Gasteiger partial charge in [0.15, 0.2) is 0 Å². The minimum Gasteiger partial charge on any atom is -0.312 e. The molecule has 0 saturated heterocycles. The Bertz CT molecular complexity index is 1360. The number of sulfonamides is 1. The van der Waals surface area contributed by atoms with Gasteiger partial charge in [-0.25, -0.2) is 13.1 Å². The first-order chi connectivity index (χ1) is 15.2. The van der Waals surface area contributed by atoms with Gasteiger partial charge in [0.2, 0.25) is 0 Å². The summed E-state index contributed by atoms with van der Waals surface area (Å²) in [6.45, 7) is 4.66. The first-order valence-corrected chi connectivity index (χ1v) is 10.9. The molecule has 0 spiro atoms. The monoisotopic (exact) mass is 481 g/mol. The van der Waals surface area contributed by atoms with Gasteiger partial charge in [-0.15, -0.1) is 0 Å². The molecule has 0 aliphatic rings. The molecule has 0 unspecified atom stereocenters. The third kappa shape index (κ3) is 4.75. The number of nitro benzene ring substituents is 1. The number of aromatic nitrogens is 1. The number of amides is 1. The third-order valence-electron chi connectivity index (χ3n) is 4.97. The Labute approximate surface area is 186 Å². The fourth-order valence-corrected chi connectivity index (χ4v) is 4.32. The predicted octanol–water partition coefficient (Wildman–Crippen LogP) is 4.45. The van der Waals surface area contributed by atoms with Crippen LogP contribution in [0.25, 0.3) is 5.69 Å². The van der Waals surface area contributed by atoms with Gasteiger partial charge in [0.25, 0.3) is 21.6 Å². The summed E-state index contributed by atoms with van der Waals surface area (Å²) in [6, 6.07) is 9.14. The van der Waals surface area contributed by atoms with Crippen LogP contribution in [0.3, 0.4) is 0 Å². The molecular weight excluding hydrogens is 463 g/mol. The summed E-state index contributed by atoms with van der Waals surface area (Å²) in [5.74, 6) is -0.982. The lowest BCUT2D eigenvalue weighted by atomic mass is 10.1. The number of nitrogens with zero attached hydrogens (tertiary/aromatic N) is 2. The van der Waals surface area contributed by atoms with Gasteiger partial charge in [-0.2, -0.15) is 13.2 Å². The van der Waals surface area contributed by atoms with Gasteiger partial charge >= 0.3 is 6.18 Å². The number of hydrogen-bond donors (Lipinski definition) is 1. The van der Waals surface area contributed by atoms with Crippen LogP contribution in [0.5, 0.6) is 0 Å². The van der Waals surface area contributed by atoms with Crippen molar-refractivity contribution < 1.29 is 31.3 Å². The zero-order valence-corrected chi connectivity index (χ0v) is 18.4. The van der Waals surface area contributed by atoms with Crippen LogP contribution < -0.4 is 4.72 Å². The summed E-state index contributed by atoms with van der Waals surface area (Å²) in [4.78, 5) is 23.1. The van der Waals surface area contributed by atoms with Gasteiger partial charge in [-0.05, 0) is 51.1 Å². The molecule has 1 aromatic heterocycles. The number of carbonyl (C=O) groups is 1. The number of alkyl halides is 3. The van der Waals surface area contributed by atoms with E-state index in [1.165, 1.54) is 36.6 Å². The minimum atomic E-state index is -4.78. The van der Waals surface area contributed by atoms with E-state index in [1.807, 2.05) is 4.72 Å². The fraction of sp³-hybridized carbons (Fsp3) is 0.190. The van der Waals surface area contributed by atoms with E-state index in [-0.39, 0.29) is 27.5 Å². The molecule has 0 fully saturated rings. The summed E-state index contributed by atoms with van der Waals surface area (Å²) >= 11 is 0. The van der Waals surface area contributed by atoms with E-state index in [9.17, 15) is 36.5 Å². The Morgan fingerprint density at radius 3 is 2.18 bits per heavy atom. The highest BCUT2D eigenvalue weighted by atomic mass is 32.2. The molecule has 0 radical (unpaired) electrons. The summed E-state index contributed by atoms with van der Waals surface area (Å²) < 4.78 is 67.3. The van der Waals surface area contributed by atoms with Crippen LogP contribution in [0.15, 0.2) is 53.4 Å². The zero-order valence-electron chi connectivity index (χ0n) is 17.6. The molecule has 12 heteroatoms. The first kappa shape index (κ1) is 24.0. The van der Waals surface area contributed by atoms with E-state index >= 15 is 0 Å². The number of nitro groups is 1. The quantitative estimate of drug-likeness (QED) is 0.428. The van der Waals surface area contributed by atoms with Crippen molar-refractivity contribution in [2.75, 3.05) is 0 Å². The maximum Gasteiger partial charge on any atom is 0.416 e. The smallest absolute Gasteiger partial charge is 0.312 e. The lowest BCUT2D eigenvalue weighted by molar-refractivity contribution is -0.384. The van der Waals surface area contributed by atoms with Crippen molar-refractivity contribution in [3.8, 4) is 5.69 Å². The molecule has 3 rings (SSSR count). The Morgan fingerprint density at radius 2 is 1.64 bits per heavy atom. The van der Waals surface area contributed by atoms with E-state index in [0.717, 1.165) is 11.6 Å². The molecule has 0 atom stereocenters. The summed E-state index contributed by atoms with van der Waals surface area (Å²) in [5, 5.41) is 11.5. The van der Waals surface area contributed by atoms with E-state index in [4.69, 9.17) is 0 Å². The summed E-state index contributed by atoms with van der Waals surface area (Å²) in [5.41, 5.74) is -1.07. The molecular formula is C21H18F3N3O5S. The predicted molar refractivity (Wildman–Crippen MR) is 113 cm³/mol. The van der Waals surface area contributed by atoms with Crippen LogP contribution >= 0.6 is 0 Å². The highest BCUT2D eigenvalue weighted by Gasteiger charge is 2.34. The van der Waals surface area contributed by atoms with Crippen LogP contribution in [-0.4, -0.2) is 23.8 Å². The SMILES string of the molecule is Cc1ccc(S(=O)(=O)NC(=O)c2cc(C)n(-c3ccc(C(F)(F)F)cc3[N+](=O)[O-])c2C)cc1. The second-order valence-electron chi connectivity index (χ2n) is 7.33. The normalized spacial score (nSPS) is 11.9. The van der Waals surface area contributed by atoms with Crippen molar-refractivity contribution in [3.05, 3.63) is 86.7 Å². The van der Waals surface area contributed by atoms with Gasteiger partial charge in [0, 0.05) is 17.5 Å². The van der Waals surface area contributed by atoms with E-state index < -0.39 is 38.3 Å². The molecule has 1 heterocycles. The standard InChI is InChI=1S/C21H18F3N3O5S/c1-12-4-7-16(8-5-12)33(31,32)25-20(28)17-10-13(2)26(14(17)3)18-9-6-15(21(22,23)24)11-19(18)27(29)30/h4-11H,1-3H3,(H,25,28). The van der Waals surface area contributed by atoms with Crippen LogP contribution in [-0.2, 0) is 16.2 Å². The summed E-state index contributed by atoms with van der Waals surface area (Å²) in [7, 11) is -4.20. The van der Waals surface area contributed by atoms with Crippen LogP contribution in [0.1, 0.15) is 32.9 Å². The topological polar surface area (TPSA) is 111 Å². The minimum absolute atomic E-state index is 0.0996. The molecule has 0 aliphatic carbocycles. The molecule has 0 saturated carbocycles. The Balaban J connectivity index is 2.04. The zero-order chi connectivity index (χ0) is 24.7. The lowest BCUT2D eigenvalue weighted by Gasteiger charge is -2.13. The fourth-order valence-electron chi connectivity index (χ4n) is 3.35. The van der Waals surface area contributed by atoms with Gasteiger partial charge in [-0.1, -0.05) is 17.7 Å². The molecule has 3 aromatic rings. The highest BCUT2D eigenvalue weighted by molar-refractivity contribution is 7.90. The molecule has 33 heavy (non-hydrogen) atoms. The number of rotatable bonds is 5. The molecule has 8 nitrogen and oxygen atoms in total. The first-order valence-electron chi connectivity index (χ1n) is 9.41. The Hall–Kier alpha value is -3.67. The lowest BCUT2D eigenvalue weighted by Crippen LogP contribution is -2.30. The maximum atomic E-state index is 13.0. The van der Waals surface area contributed by atoms with Gasteiger partial charge in [0.1, 0.15) is 5.69 Å². The Morgan fingerprint density at radius 1 is 1.03 bits per heavy atom. The number of benzene rings is 2. The highest BCUT2D eigenvalue weighted by Crippen LogP contribution is 2.35. The number of carbonyl (C=O) groups excluding carboxylic acids is 1. The second-order valence-corrected chi connectivity index (χ2v) is 9.01. The number of aryl methyl sites for hydroxylation is 2. The third-order valence-corrected chi connectivity index (χ3v) is 6.32. The van der Waals surface area contributed by atoms with E-state index in [2.05, 4.69) is 0 Å². The van der Waals surface area contributed by atoms with E-state index in [1.54, 1.807) is 19.1 Å².